The molecule has 2 aliphatic carbocycles. The third kappa shape index (κ3) is 5.69. The van der Waals surface area contributed by atoms with Gasteiger partial charge < -0.3 is 0 Å². The van der Waals surface area contributed by atoms with Gasteiger partial charge in [-0.25, -0.2) is 8.78 Å². The van der Waals surface area contributed by atoms with Crippen LogP contribution in [0.3, 0.4) is 0 Å². The highest BCUT2D eigenvalue weighted by Gasteiger charge is 2.44. The minimum Gasteiger partial charge on any atom is -0.251 e. The van der Waals surface area contributed by atoms with E-state index in [1.165, 1.54) is 31.7 Å². The summed E-state index contributed by atoms with van der Waals surface area (Å²) in [5.41, 5.74) is 0.0868. The van der Waals surface area contributed by atoms with Crippen LogP contribution in [0.15, 0.2) is 18.2 Å². The standard InChI is InChI=1S/C24H32ClF5/c25-22-15-20(12-13-21(22)24(29,30)23(27)28)19-10-8-18(9-11-19)17-6-4-16(5-7-17)3-1-2-14-26/h12-13,15-19,23H,1-11,14H2. The molecule has 1 aromatic rings. The van der Waals surface area contributed by atoms with E-state index >= 15 is 0 Å². The Balaban J connectivity index is 1.50. The second-order valence-electron chi connectivity index (χ2n) is 9.24. The Morgan fingerprint density at radius 2 is 1.50 bits per heavy atom. The van der Waals surface area contributed by atoms with Crippen LogP contribution in [0.4, 0.5) is 22.0 Å². The normalized spacial score (nSPS) is 28.1. The van der Waals surface area contributed by atoms with Crippen molar-refractivity contribution in [2.75, 3.05) is 6.67 Å². The lowest BCUT2D eigenvalue weighted by Gasteiger charge is -2.38. The van der Waals surface area contributed by atoms with Gasteiger partial charge in [0.15, 0.2) is 0 Å². The third-order valence-corrected chi connectivity index (χ3v) is 7.74. The fraction of sp³-hybridized carbons (Fsp3) is 0.750. The van der Waals surface area contributed by atoms with Gasteiger partial charge in [-0.05, 0) is 80.2 Å². The van der Waals surface area contributed by atoms with Gasteiger partial charge in [0.25, 0.3) is 0 Å². The molecule has 0 aromatic heterocycles. The van der Waals surface area contributed by atoms with Gasteiger partial charge in [-0.1, -0.05) is 49.4 Å². The lowest BCUT2D eigenvalue weighted by Crippen LogP contribution is -2.26. The minimum atomic E-state index is -4.22. The maximum Gasteiger partial charge on any atom is 0.334 e. The van der Waals surface area contributed by atoms with E-state index in [1.807, 2.05) is 0 Å². The van der Waals surface area contributed by atoms with E-state index in [1.54, 1.807) is 6.07 Å². The van der Waals surface area contributed by atoms with Crippen molar-refractivity contribution in [2.24, 2.45) is 17.8 Å². The average Bonchev–Trinajstić information content (AvgIpc) is 2.74. The molecule has 0 bridgehead atoms. The lowest BCUT2D eigenvalue weighted by molar-refractivity contribution is -0.135. The first kappa shape index (κ1) is 23.8. The molecule has 0 heterocycles. The van der Waals surface area contributed by atoms with E-state index in [4.69, 9.17) is 11.6 Å². The molecule has 0 saturated heterocycles. The summed E-state index contributed by atoms with van der Waals surface area (Å²) >= 11 is 5.95. The van der Waals surface area contributed by atoms with Crippen LogP contribution in [0, 0.1) is 17.8 Å². The molecule has 0 N–H and O–H groups in total. The zero-order valence-corrected chi connectivity index (χ0v) is 18.1. The molecular weight excluding hydrogens is 419 g/mol. The highest BCUT2D eigenvalue weighted by molar-refractivity contribution is 6.31. The maximum absolute atomic E-state index is 13.6. The van der Waals surface area contributed by atoms with Crippen LogP contribution in [0.25, 0.3) is 0 Å². The Hall–Kier alpha value is -0.840. The average molecular weight is 451 g/mol. The second-order valence-corrected chi connectivity index (χ2v) is 9.65. The molecule has 2 saturated carbocycles. The summed E-state index contributed by atoms with van der Waals surface area (Å²) < 4.78 is 64.8. The highest BCUT2D eigenvalue weighted by Crippen LogP contribution is 2.46. The molecule has 0 amide bonds. The van der Waals surface area contributed by atoms with Crippen molar-refractivity contribution in [3.63, 3.8) is 0 Å². The van der Waals surface area contributed by atoms with Crippen molar-refractivity contribution < 1.29 is 22.0 Å². The number of hydrogen-bond acceptors (Lipinski definition) is 0. The van der Waals surface area contributed by atoms with Crippen LogP contribution >= 0.6 is 11.6 Å². The predicted octanol–water partition coefficient (Wildman–Crippen LogP) is 8.92. The number of benzene rings is 1. The maximum atomic E-state index is 13.6. The number of alkyl halides is 5. The fourth-order valence-corrected chi connectivity index (χ4v) is 5.89. The van der Waals surface area contributed by atoms with Crippen LogP contribution in [0.2, 0.25) is 5.02 Å². The number of unbranched alkanes of at least 4 members (excludes halogenated alkanes) is 1. The zero-order valence-electron chi connectivity index (χ0n) is 17.4. The first-order valence-corrected chi connectivity index (χ1v) is 11.7. The highest BCUT2D eigenvalue weighted by atomic mass is 35.5. The number of rotatable bonds is 8. The summed E-state index contributed by atoms with van der Waals surface area (Å²) in [6.07, 6.45) is 8.33. The molecule has 1 aromatic carbocycles. The third-order valence-electron chi connectivity index (χ3n) is 7.42. The molecule has 3 rings (SSSR count). The van der Waals surface area contributed by atoms with Crippen LogP contribution < -0.4 is 0 Å². The molecular formula is C24H32ClF5. The summed E-state index contributed by atoms with van der Waals surface area (Å²) in [4.78, 5) is 0. The summed E-state index contributed by atoms with van der Waals surface area (Å²) in [7, 11) is 0. The quantitative estimate of drug-likeness (QED) is 0.274. The van der Waals surface area contributed by atoms with Crippen molar-refractivity contribution in [1.29, 1.82) is 0 Å². The molecule has 0 spiro atoms. The Kier molecular flexibility index (Phi) is 8.46. The Morgan fingerprint density at radius 3 is 2.03 bits per heavy atom. The van der Waals surface area contributed by atoms with Crippen molar-refractivity contribution in [3.05, 3.63) is 34.3 Å². The molecule has 0 radical (unpaired) electrons. The SMILES string of the molecule is FCCCCC1CCC(C2CCC(c3ccc(C(F)(F)C(F)F)c(Cl)c3)CC2)CC1. The van der Waals surface area contributed by atoms with E-state index < -0.39 is 17.9 Å². The largest absolute Gasteiger partial charge is 0.334 e. The first-order chi connectivity index (χ1) is 14.3. The molecule has 6 heteroatoms. The molecule has 0 nitrogen and oxygen atoms in total. The van der Waals surface area contributed by atoms with E-state index in [-0.39, 0.29) is 17.6 Å². The van der Waals surface area contributed by atoms with Gasteiger partial charge in [0, 0.05) is 5.56 Å². The summed E-state index contributed by atoms with van der Waals surface area (Å²) in [5.74, 6) is -1.73. The number of hydrogen-bond donors (Lipinski definition) is 0. The predicted molar refractivity (Wildman–Crippen MR) is 111 cm³/mol. The monoisotopic (exact) mass is 450 g/mol. The molecule has 170 valence electrons. The van der Waals surface area contributed by atoms with E-state index in [2.05, 4.69) is 0 Å². The van der Waals surface area contributed by atoms with Crippen molar-refractivity contribution in [2.45, 2.75) is 88.9 Å². The van der Waals surface area contributed by atoms with Crippen molar-refractivity contribution in [3.8, 4) is 0 Å². The summed E-state index contributed by atoms with van der Waals surface area (Å²) in [6, 6.07) is 4.08. The molecule has 2 aliphatic rings. The topological polar surface area (TPSA) is 0 Å². The van der Waals surface area contributed by atoms with Gasteiger partial charge in [-0.15, -0.1) is 0 Å². The fourth-order valence-electron chi connectivity index (χ4n) is 5.57. The van der Waals surface area contributed by atoms with Gasteiger partial charge in [-0.3, -0.25) is 4.39 Å². The molecule has 2 fully saturated rings. The molecule has 0 aliphatic heterocycles. The first-order valence-electron chi connectivity index (χ1n) is 11.3. The van der Waals surface area contributed by atoms with E-state index in [0.717, 1.165) is 62.0 Å². The van der Waals surface area contributed by atoms with Crippen molar-refractivity contribution in [1.82, 2.24) is 0 Å². The minimum absolute atomic E-state index is 0.207. The molecule has 30 heavy (non-hydrogen) atoms. The lowest BCUT2D eigenvalue weighted by atomic mass is 9.68. The Labute approximate surface area is 181 Å². The van der Waals surface area contributed by atoms with Crippen LogP contribution in [-0.4, -0.2) is 13.1 Å². The molecule has 0 unspecified atom stereocenters. The van der Waals surface area contributed by atoms with Crippen LogP contribution in [-0.2, 0) is 5.92 Å². The van der Waals surface area contributed by atoms with Gasteiger partial charge in [0.2, 0.25) is 0 Å². The Morgan fingerprint density at radius 1 is 0.900 bits per heavy atom. The van der Waals surface area contributed by atoms with Gasteiger partial charge in [-0.2, -0.15) is 8.78 Å². The van der Waals surface area contributed by atoms with Gasteiger partial charge >= 0.3 is 12.3 Å². The zero-order chi connectivity index (χ0) is 21.7. The summed E-state index contributed by atoms with van der Waals surface area (Å²) in [6.45, 7) is -0.207. The van der Waals surface area contributed by atoms with Crippen molar-refractivity contribution >= 4 is 11.6 Å². The van der Waals surface area contributed by atoms with Crippen LogP contribution in [0.5, 0.6) is 0 Å². The van der Waals surface area contributed by atoms with E-state index in [9.17, 15) is 22.0 Å². The molecule has 0 atom stereocenters. The van der Waals surface area contributed by atoms with E-state index in [0.29, 0.717) is 12.3 Å². The van der Waals surface area contributed by atoms with Gasteiger partial charge in [0.1, 0.15) is 0 Å². The number of halogens is 6. The van der Waals surface area contributed by atoms with Gasteiger partial charge in [0.05, 0.1) is 11.7 Å². The smallest absolute Gasteiger partial charge is 0.251 e. The van der Waals surface area contributed by atoms with Crippen LogP contribution in [0.1, 0.15) is 87.7 Å². The Bertz CT molecular complexity index is 662. The second kappa shape index (κ2) is 10.7. The summed E-state index contributed by atoms with van der Waals surface area (Å²) in [5, 5.41) is -0.272.